The molecule has 32 heavy (non-hydrogen) atoms. The van der Waals surface area contributed by atoms with Gasteiger partial charge in [0.2, 0.25) is 5.91 Å². The Morgan fingerprint density at radius 2 is 1.59 bits per heavy atom. The molecule has 2 aromatic carbocycles. The van der Waals surface area contributed by atoms with Crippen molar-refractivity contribution >= 4 is 17.5 Å². The third kappa shape index (κ3) is 6.23. The van der Waals surface area contributed by atoms with Crippen molar-refractivity contribution in [3.63, 3.8) is 0 Å². The number of carbonyl (C=O) groups is 2. The van der Waals surface area contributed by atoms with E-state index in [2.05, 4.69) is 36.4 Å². The number of amides is 2. The number of likely N-dealkylation sites (tertiary alicyclic amines) is 1. The number of likely N-dealkylation sites (N-methyl/N-ethyl adjacent to an activating group) is 1. The normalized spacial score (nSPS) is 14.3. The van der Waals surface area contributed by atoms with Crippen LogP contribution in [-0.2, 0) is 11.2 Å². The zero-order valence-corrected chi connectivity index (χ0v) is 19.4. The highest BCUT2D eigenvalue weighted by molar-refractivity contribution is 5.96. The average Bonchev–Trinajstić information content (AvgIpc) is 2.82. The van der Waals surface area contributed by atoms with Gasteiger partial charge in [-0.25, -0.2) is 0 Å². The third-order valence-corrected chi connectivity index (χ3v) is 5.82. The molecule has 0 aliphatic carbocycles. The van der Waals surface area contributed by atoms with E-state index in [4.69, 9.17) is 9.47 Å². The molecule has 172 valence electrons. The lowest BCUT2D eigenvalue weighted by Gasteiger charge is -2.31. The van der Waals surface area contributed by atoms with Crippen LogP contribution in [0.2, 0.25) is 0 Å². The number of hydrogen-bond donors (Lipinski definition) is 1. The second kappa shape index (κ2) is 11.0. The van der Waals surface area contributed by atoms with E-state index in [1.54, 1.807) is 37.3 Å². The lowest BCUT2D eigenvalue weighted by molar-refractivity contribution is -0.121. The van der Waals surface area contributed by atoms with Crippen molar-refractivity contribution in [3.05, 3.63) is 53.6 Å². The summed E-state index contributed by atoms with van der Waals surface area (Å²) >= 11 is 0. The Morgan fingerprint density at radius 3 is 2.12 bits per heavy atom. The number of ether oxygens (including phenoxy) is 2. The highest BCUT2D eigenvalue weighted by Gasteiger charge is 2.28. The summed E-state index contributed by atoms with van der Waals surface area (Å²) in [4.78, 5) is 29.6. The van der Waals surface area contributed by atoms with Gasteiger partial charge in [0.1, 0.15) is 11.5 Å². The molecule has 1 N–H and O–H groups in total. The van der Waals surface area contributed by atoms with E-state index in [1.165, 1.54) is 5.56 Å². The molecule has 0 radical (unpaired) electrons. The number of piperidine rings is 1. The monoisotopic (exact) mass is 439 g/mol. The molecule has 0 atom stereocenters. The molecule has 1 fully saturated rings. The maximum absolute atomic E-state index is 12.9. The Labute approximate surface area is 190 Å². The van der Waals surface area contributed by atoms with Gasteiger partial charge in [-0.3, -0.25) is 9.59 Å². The van der Waals surface area contributed by atoms with Gasteiger partial charge in [-0.2, -0.15) is 0 Å². The van der Waals surface area contributed by atoms with E-state index in [1.807, 2.05) is 12.1 Å². The maximum Gasteiger partial charge on any atom is 0.254 e. The summed E-state index contributed by atoms with van der Waals surface area (Å²) in [5, 5.41) is 3.02. The largest absolute Gasteiger partial charge is 0.497 e. The molecule has 2 amide bonds. The Kier molecular flexibility index (Phi) is 8.11. The van der Waals surface area contributed by atoms with Crippen LogP contribution in [-0.4, -0.2) is 69.6 Å². The van der Waals surface area contributed by atoms with Crippen LogP contribution < -0.4 is 14.8 Å². The van der Waals surface area contributed by atoms with Crippen molar-refractivity contribution in [2.45, 2.75) is 19.3 Å². The first-order chi connectivity index (χ1) is 15.4. The van der Waals surface area contributed by atoms with Crippen LogP contribution in [0.1, 0.15) is 28.8 Å². The maximum atomic E-state index is 12.9. The Hall–Kier alpha value is -3.06. The number of rotatable bonds is 8. The van der Waals surface area contributed by atoms with E-state index >= 15 is 0 Å². The SMILES string of the molecule is COc1cc(OC)cc(C(=O)N2CCC(C(=O)Nc3ccc(CCN(C)C)cc3)CC2)c1. The smallest absolute Gasteiger partial charge is 0.254 e. The fourth-order valence-electron chi connectivity index (χ4n) is 3.81. The summed E-state index contributed by atoms with van der Waals surface area (Å²) in [5.41, 5.74) is 2.58. The molecule has 0 bridgehead atoms. The van der Waals surface area contributed by atoms with Crippen LogP contribution in [0.3, 0.4) is 0 Å². The van der Waals surface area contributed by atoms with Gasteiger partial charge < -0.3 is 24.6 Å². The van der Waals surface area contributed by atoms with E-state index in [9.17, 15) is 9.59 Å². The first-order valence-corrected chi connectivity index (χ1v) is 11.0. The van der Waals surface area contributed by atoms with Gasteiger partial charge >= 0.3 is 0 Å². The summed E-state index contributed by atoms with van der Waals surface area (Å²) in [5.74, 6) is 0.993. The standard InChI is InChI=1S/C25H33N3O4/c1-27(2)12-9-18-5-7-21(8-6-18)26-24(29)19-10-13-28(14-11-19)25(30)20-15-22(31-3)17-23(16-20)32-4/h5-8,15-17,19H,9-14H2,1-4H3,(H,26,29). The molecule has 3 rings (SSSR count). The number of hydrogen-bond acceptors (Lipinski definition) is 5. The third-order valence-electron chi connectivity index (χ3n) is 5.82. The number of methoxy groups -OCH3 is 2. The van der Waals surface area contributed by atoms with Crippen molar-refractivity contribution in [2.24, 2.45) is 5.92 Å². The van der Waals surface area contributed by atoms with Gasteiger partial charge in [0.15, 0.2) is 0 Å². The molecule has 2 aromatic rings. The summed E-state index contributed by atoms with van der Waals surface area (Å²) in [6, 6.07) is 13.2. The van der Waals surface area contributed by atoms with Crippen LogP contribution >= 0.6 is 0 Å². The number of nitrogens with one attached hydrogen (secondary N) is 1. The minimum atomic E-state index is -0.104. The highest BCUT2D eigenvalue weighted by Crippen LogP contribution is 2.26. The van der Waals surface area contributed by atoms with Gasteiger partial charge in [-0.15, -0.1) is 0 Å². The molecule has 0 aromatic heterocycles. The molecule has 0 saturated carbocycles. The van der Waals surface area contributed by atoms with Gasteiger partial charge in [0.05, 0.1) is 14.2 Å². The van der Waals surface area contributed by atoms with E-state index < -0.39 is 0 Å². The van der Waals surface area contributed by atoms with Crippen molar-refractivity contribution < 1.29 is 19.1 Å². The second-order valence-corrected chi connectivity index (χ2v) is 8.41. The summed E-state index contributed by atoms with van der Waals surface area (Å²) in [6.45, 7) is 2.07. The van der Waals surface area contributed by atoms with Crippen LogP contribution in [0.5, 0.6) is 11.5 Å². The number of benzene rings is 2. The molecule has 1 aliphatic heterocycles. The summed E-state index contributed by atoms with van der Waals surface area (Å²) < 4.78 is 10.5. The van der Waals surface area contributed by atoms with E-state index in [0.29, 0.717) is 43.0 Å². The Balaban J connectivity index is 1.53. The van der Waals surface area contributed by atoms with Crippen LogP contribution in [0.15, 0.2) is 42.5 Å². The lowest BCUT2D eigenvalue weighted by Crippen LogP contribution is -2.41. The van der Waals surface area contributed by atoms with Gasteiger partial charge in [0, 0.05) is 42.9 Å². The van der Waals surface area contributed by atoms with Crippen molar-refractivity contribution in [1.29, 1.82) is 0 Å². The molecular weight excluding hydrogens is 406 g/mol. The first-order valence-electron chi connectivity index (χ1n) is 11.0. The van der Waals surface area contributed by atoms with Gasteiger partial charge in [0.25, 0.3) is 5.91 Å². The summed E-state index contributed by atoms with van der Waals surface area (Å²) in [6.07, 6.45) is 2.26. The average molecular weight is 440 g/mol. The molecule has 7 heteroatoms. The Morgan fingerprint density at radius 1 is 1.00 bits per heavy atom. The minimum Gasteiger partial charge on any atom is -0.497 e. The molecule has 7 nitrogen and oxygen atoms in total. The lowest BCUT2D eigenvalue weighted by atomic mass is 9.95. The van der Waals surface area contributed by atoms with Crippen LogP contribution in [0.25, 0.3) is 0 Å². The molecule has 1 heterocycles. The zero-order chi connectivity index (χ0) is 23.1. The molecule has 1 aliphatic rings. The van der Waals surface area contributed by atoms with E-state index in [0.717, 1.165) is 18.7 Å². The topological polar surface area (TPSA) is 71.1 Å². The van der Waals surface area contributed by atoms with Gasteiger partial charge in [-0.05, 0) is 63.2 Å². The number of carbonyl (C=O) groups excluding carboxylic acids is 2. The van der Waals surface area contributed by atoms with Crippen LogP contribution in [0, 0.1) is 5.92 Å². The fourth-order valence-corrected chi connectivity index (χ4v) is 3.81. The van der Waals surface area contributed by atoms with Crippen LogP contribution in [0.4, 0.5) is 5.69 Å². The van der Waals surface area contributed by atoms with E-state index in [-0.39, 0.29) is 17.7 Å². The quantitative estimate of drug-likeness (QED) is 0.683. The molecule has 1 saturated heterocycles. The number of nitrogens with zero attached hydrogens (tertiary/aromatic N) is 2. The first kappa shape index (κ1) is 23.6. The molecular formula is C25H33N3O4. The second-order valence-electron chi connectivity index (χ2n) is 8.41. The van der Waals surface area contributed by atoms with Crippen molar-refractivity contribution in [1.82, 2.24) is 9.80 Å². The minimum absolute atomic E-state index is 0.0150. The van der Waals surface area contributed by atoms with Crippen molar-refractivity contribution in [3.8, 4) is 11.5 Å². The fraction of sp³-hybridized carbons (Fsp3) is 0.440. The Bertz CT molecular complexity index is 897. The predicted molar refractivity (Wildman–Crippen MR) is 126 cm³/mol. The highest BCUT2D eigenvalue weighted by atomic mass is 16.5. The molecule has 0 unspecified atom stereocenters. The van der Waals surface area contributed by atoms with Gasteiger partial charge in [-0.1, -0.05) is 12.1 Å². The number of anilines is 1. The zero-order valence-electron chi connectivity index (χ0n) is 19.4. The molecule has 0 spiro atoms. The van der Waals surface area contributed by atoms with Crippen molar-refractivity contribution in [2.75, 3.05) is 53.3 Å². The predicted octanol–water partition coefficient (Wildman–Crippen LogP) is 3.30. The summed E-state index contributed by atoms with van der Waals surface area (Å²) in [7, 11) is 7.23.